The Bertz CT molecular complexity index is 766. The molecule has 6 heteroatoms. The van der Waals surface area contributed by atoms with Gasteiger partial charge in [-0.2, -0.15) is 0 Å². The molecule has 3 rings (SSSR count). The second-order valence-electron chi connectivity index (χ2n) is 7.06. The van der Waals surface area contributed by atoms with Gasteiger partial charge in [0.1, 0.15) is 0 Å². The molecule has 0 amide bonds. The van der Waals surface area contributed by atoms with E-state index in [1.165, 1.54) is 38.5 Å². The van der Waals surface area contributed by atoms with E-state index < -0.39 is 5.97 Å². The fraction of sp³-hybridized carbons (Fsp3) is 0.478. The molecule has 0 fully saturated rings. The van der Waals surface area contributed by atoms with Gasteiger partial charge >= 0.3 is 0 Å². The van der Waals surface area contributed by atoms with E-state index in [2.05, 4.69) is 29.3 Å². The summed E-state index contributed by atoms with van der Waals surface area (Å²) in [6.45, 7) is 7.45. The van der Waals surface area contributed by atoms with Crippen molar-refractivity contribution in [3.8, 4) is 22.9 Å². The van der Waals surface area contributed by atoms with Crippen LogP contribution in [0.1, 0.15) is 59.3 Å². The van der Waals surface area contributed by atoms with Crippen molar-refractivity contribution < 1.29 is 23.3 Å². The minimum absolute atomic E-state index is 0.900. The van der Waals surface area contributed by atoms with E-state index in [4.69, 9.17) is 18.7 Å². The van der Waals surface area contributed by atoms with E-state index in [0.717, 1.165) is 42.9 Å². The lowest BCUT2D eigenvalue weighted by Gasteiger charge is -2.02. The Balaban J connectivity index is 0.000000687. The fourth-order valence-electron chi connectivity index (χ4n) is 3.30. The highest BCUT2D eigenvalue weighted by Gasteiger charge is 2.29. The molecule has 0 aliphatic heterocycles. The van der Waals surface area contributed by atoms with Crippen molar-refractivity contribution in [2.45, 2.75) is 72.4 Å². The largest absolute Gasteiger partial charge is 0.550 e. The maximum absolute atomic E-state index is 8.89. The first-order valence-electron chi connectivity index (χ1n) is 10.5. The Hall–Kier alpha value is -2.76. The van der Waals surface area contributed by atoms with Gasteiger partial charge < -0.3 is 18.7 Å². The van der Waals surface area contributed by atoms with Gasteiger partial charge in [0.2, 0.25) is 17.7 Å². The van der Waals surface area contributed by atoms with Crippen molar-refractivity contribution in [1.29, 1.82) is 0 Å². The number of unbranched alkanes of at least 4 members (excludes halogenated alkanes) is 4. The van der Waals surface area contributed by atoms with Crippen LogP contribution in [0.15, 0.2) is 52.0 Å². The van der Waals surface area contributed by atoms with Crippen molar-refractivity contribution in [3.05, 3.63) is 43.1 Å². The van der Waals surface area contributed by atoms with Crippen molar-refractivity contribution in [3.63, 3.8) is 0 Å². The quantitative estimate of drug-likeness (QED) is 0.373. The summed E-state index contributed by atoms with van der Waals surface area (Å²) in [4.78, 5) is 8.89. The van der Waals surface area contributed by atoms with Gasteiger partial charge in [-0.05, 0) is 56.9 Å². The highest BCUT2D eigenvalue weighted by molar-refractivity contribution is 5.70. The van der Waals surface area contributed by atoms with Gasteiger partial charge in [-0.1, -0.05) is 26.7 Å². The molecule has 3 aromatic heterocycles. The number of carbonyl (C=O) groups is 1. The Morgan fingerprint density at radius 2 is 1.59 bits per heavy atom. The summed E-state index contributed by atoms with van der Waals surface area (Å²) < 4.78 is 16.2. The van der Waals surface area contributed by atoms with Crippen LogP contribution in [-0.4, -0.2) is 10.5 Å². The summed E-state index contributed by atoms with van der Waals surface area (Å²) in [5.74, 6) is 0.717. The third-order valence-electron chi connectivity index (χ3n) is 4.59. The number of furan rings is 2. The SMILES string of the molecule is CC(=O)[O-].CCCCCn1c[n+](CCCCC)c(-c2ccco2)c1-c1ccco1. The van der Waals surface area contributed by atoms with Crippen LogP contribution < -0.4 is 9.67 Å². The van der Waals surface area contributed by atoms with Crippen molar-refractivity contribution in [2.24, 2.45) is 0 Å². The van der Waals surface area contributed by atoms with Gasteiger partial charge in [-0.3, -0.25) is 0 Å². The predicted octanol–water partition coefficient (Wildman–Crippen LogP) is 4.43. The maximum atomic E-state index is 8.89. The Kier molecular flexibility index (Phi) is 9.28. The lowest BCUT2D eigenvalue weighted by atomic mass is 10.2. The lowest BCUT2D eigenvalue weighted by Crippen LogP contribution is -2.34. The summed E-state index contributed by atoms with van der Waals surface area (Å²) in [5, 5.41) is 8.89. The molecule has 0 N–H and O–H groups in total. The van der Waals surface area contributed by atoms with Crippen LogP contribution >= 0.6 is 0 Å². The normalized spacial score (nSPS) is 10.6. The van der Waals surface area contributed by atoms with Crippen LogP contribution in [0.25, 0.3) is 22.9 Å². The third kappa shape index (κ3) is 6.66. The van der Waals surface area contributed by atoms with E-state index in [-0.39, 0.29) is 0 Å². The minimum Gasteiger partial charge on any atom is -0.550 e. The number of hydrogen-bond donors (Lipinski definition) is 0. The molecular weight excluding hydrogens is 368 g/mol. The Morgan fingerprint density at radius 3 is 2.14 bits per heavy atom. The molecule has 0 radical (unpaired) electrons. The molecule has 0 aliphatic carbocycles. The zero-order valence-corrected chi connectivity index (χ0v) is 17.7. The molecule has 0 bridgehead atoms. The van der Waals surface area contributed by atoms with Crippen LogP contribution in [0, 0.1) is 0 Å². The van der Waals surface area contributed by atoms with Gasteiger partial charge in [-0.15, -0.1) is 0 Å². The maximum Gasteiger partial charge on any atom is 0.244 e. The second-order valence-corrected chi connectivity index (χ2v) is 7.06. The monoisotopic (exact) mass is 400 g/mol. The number of carboxylic acids is 1. The Morgan fingerprint density at radius 1 is 1.00 bits per heavy atom. The number of aliphatic carboxylic acids is 1. The van der Waals surface area contributed by atoms with Crippen LogP contribution in [-0.2, 0) is 17.9 Å². The zero-order valence-electron chi connectivity index (χ0n) is 17.7. The second kappa shape index (κ2) is 11.9. The van der Waals surface area contributed by atoms with Crippen LogP contribution in [0.2, 0.25) is 0 Å². The summed E-state index contributed by atoms with van der Waals surface area (Å²) in [7, 11) is 0. The number of aromatic nitrogens is 2. The Labute approximate surface area is 172 Å². The number of nitrogens with zero attached hydrogens (tertiary/aromatic N) is 2. The number of hydrogen-bond acceptors (Lipinski definition) is 4. The molecule has 3 heterocycles. The molecule has 0 aliphatic rings. The van der Waals surface area contributed by atoms with Gasteiger partial charge in [0.15, 0.2) is 11.5 Å². The number of carbonyl (C=O) groups excluding carboxylic acids is 1. The number of aryl methyl sites for hydroxylation is 2. The summed E-state index contributed by atoms with van der Waals surface area (Å²) in [5.41, 5.74) is 2.24. The van der Waals surface area contributed by atoms with E-state index in [1.54, 1.807) is 12.5 Å². The molecular formula is C23H32N2O4. The third-order valence-corrected chi connectivity index (χ3v) is 4.59. The zero-order chi connectivity index (χ0) is 21.1. The van der Waals surface area contributed by atoms with Crippen molar-refractivity contribution in [2.75, 3.05) is 0 Å². The highest BCUT2D eigenvalue weighted by atomic mass is 16.4. The van der Waals surface area contributed by atoms with Gasteiger partial charge in [0, 0.05) is 5.97 Å². The smallest absolute Gasteiger partial charge is 0.244 e. The number of rotatable bonds is 10. The average Bonchev–Trinajstić information content (AvgIpc) is 3.42. The molecule has 29 heavy (non-hydrogen) atoms. The molecule has 3 aromatic rings. The molecule has 0 saturated heterocycles. The average molecular weight is 401 g/mol. The van der Waals surface area contributed by atoms with E-state index in [9.17, 15) is 0 Å². The summed E-state index contributed by atoms with van der Waals surface area (Å²) in [6.07, 6.45) is 13.0. The van der Waals surface area contributed by atoms with Crippen molar-refractivity contribution in [1.82, 2.24) is 4.57 Å². The minimum atomic E-state index is -1.08. The van der Waals surface area contributed by atoms with Gasteiger partial charge in [0.05, 0.1) is 25.6 Å². The topological polar surface area (TPSA) is 75.2 Å². The van der Waals surface area contributed by atoms with Gasteiger partial charge in [-0.25, -0.2) is 9.13 Å². The van der Waals surface area contributed by atoms with Crippen LogP contribution in [0.3, 0.4) is 0 Å². The standard InChI is InChI=1S/C21H29N2O2.C2H4O2/c1-3-5-7-13-22-17-23(14-8-6-4-2)21(19-12-10-16-25-19)20(22)18-11-9-15-24-18;1-2(3)4/h9-12,15-17H,3-8,13-14H2,1-2H3;1H3,(H,3,4)/q+1;/p-1. The fourth-order valence-corrected chi connectivity index (χ4v) is 3.30. The summed E-state index contributed by atoms with van der Waals surface area (Å²) >= 11 is 0. The molecule has 158 valence electrons. The molecule has 0 atom stereocenters. The highest BCUT2D eigenvalue weighted by Crippen LogP contribution is 2.31. The molecule has 0 aromatic carbocycles. The number of carboxylic acid groups (broad SMARTS) is 1. The van der Waals surface area contributed by atoms with Crippen LogP contribution in [0.4, 0.5) is 0 Å². The van der Waals surface area contributed by atoms with E-state index >= 15 is 0 Å². The van der Waals surface area contributed by atoms with Crippen molar-refractivity contribution >= 4 is 5.97 Å². The number of imidazole rings is 1. The lowest BCUT2D eigenvalue weighted by molar-refractivity contribution is -0.686. The van der Waals surface area contributed by atoms with Gasteiger partial charge in [0.25, 0.3) is 0 Å². The first-order valence-corrected chi connectivity index (χ1v) is 10.5. The molecule has 0 unspecified atom stereocenters. The first-order chi connectivity index (χ1) is 14.1. The molecule has 0 saturated carbocycles. The first kappa shape index (κ1) is 22.5. The van der Waals surface area contributed by atoms with E-state index in [1.807, 2.05) is 24.3 Å². The van der Waals surface area contributed by atoms with Crippen LogP contribution in [0.5, 0.6) is 0 Å². The summed E-state index contributed by atoms with van der Waals surface area (Å²) in [6, 6.07) is 7.97. The molecule has 0 spiro atoms. The molecule has 6 nitrogen and oxygen atoms in total. The predicted molar refractivity (Wildman–Crippen MR) is 110 cm³/mol. The van der Waals surface area contributed by atoms with E-state index in [0.29, 0.717) is 0 Å².